The van der Waals surface area contributed by atoms with Crippen molar-refractivity contribution < 1.29 is 0 Å². The van der Waals surface area contributed by atoms with E-state index in [4.69, 9.17) is 5.73 Å². The van der Waals surface area contributed by atoms with E-state index >= 15 is 0 Å². The van der Waals surface area contributed by atoms with Crippen LogP contribution in [0.2, 0.25) is 0 Å². The Morgan fingerprint density at radius 2 is 1.23 bits per heavy atom. The van der Waals surface area contributed by atoms with Gasteiger partial charge in [-0.15, -0.1) is 0 Å². The van der Waals surface area contributed by atoms with Crippen LogP contribution in [-0.2, 0) is 0 Å². The summed E-state index contributed by atoms with van der Waals surface area (Å²) in [6.45, 7) is 13.9. The van der Waals surface area contributed by atoms with Crippen molar-refractivity contribution in [1.29, 1.82) is 0 Å². The summed E-state index contributed by atoms with van der Waals surface area (Å²) in [5.74, 6) is 2.47. The van der Waals surface area contributed by atoms with Gasteiger partial charge in [0, 0.05) is 6.04 Å². The van der Waals surface area contributed by atoms with E-state index in [-0.39, 0.29) is 0 Å². The highest BCUT2D eigenvalue weighted by Gasteiger charge is 2.16. The molecule has 0 bridgehead atoms. The summed E-state index contributed by atoms with van der Waals surface area (Å²) in [5.41, 5.74) is 5.54. The van der Waals surface area contributed by atoms with Gasteiger partial charge in [-0.3, -0.25) is 0 Å². The minimum atomic E-state index is 0.726. The van der Waals surface area contributed by atoms with Crippen molar-refractivity contribution in [2.45, 2.75) is 124 Å². The van der Waals surface area contributed by atoms with Crippen molar-refractivity contribution in [1.82, 2.24) is 5.32 Å². The van der Waals surface area contributed by atoms with Gasteiger partial charge < -0.3 is 11.1 Å². The minimum Gasteiger partial charge on any atom is -0.330 e. The SMILES string of the molecule is CCC(CC)CNC(CCCCCCCCCCCN)CC(C)C(C)C. The summed E-state index contributed by atoms with van der Waals surface area (Å²) in [5, 5.41) is 3.93. The minimum absolute atomic E-state index is 0.726. The van der Waals surface area contributed by atoms with E-state index < -0.39 is 0 Å². The van der Waals surface area contributed by atoms with Crippen molar-refractivity contribution >= 4 is 0 Å². The Kier molecular flexibility index (Phi) is 18.2. The monoisotopic (exact) mass is 368 g/mol. The normalized spacial score (nSPS) is 14.3. The molecule has 0 aliphatic heterocycles. The van der Waals surface area contributed by atoms with E-state index in [1.165, 1.54) is 90.0 Å². The van der Waals surface area contributed by atoms with E-state index in [0.717, 1.165) is 30.3 Å². The molecule has 0 saturated carbocycles. The van der Waals surface area contributed by atoms with E-state index in [9.17, 15) is 0 Å². The summed E-state index contributed by atoms with van der Waals surface area (Å²) in [7, 11) is 0. The Bertz CT molecular complexity index is 273. The first-order valence-electron chi connectivity index (χ1n) is 12.0. The fourth-order valence-corrected chi connectivity index (χ4v) is 3.71. The Morgan fingerprint density at radius 1 is 0.731 bits per heavy atom. The molecule has 158 valence electrons. The third-order valence-electron chi connectivity index (χ3n) is 6.40. The lowest BCUT2D eigenvalue weighted by Gasteiger charge is -2.26. The van der Waals surface area contributed by atoms with Gasteiger partial charge in [-0.2, -0.15) is 0 Å². The second-order valence-corrected chi connectivity index (χ2v) is 9.00. The molecular formula is C24H52N2. The number of rotatable bonds is 19. The number of hydrogen-bond acceptors (Lipinski definition) is 2. The lowest BCUT2D eigenvalue weighted by atomic mass is 9.88. The molecule has 0 aromatic carbocycles. The highest BCUT2D eigenvalue weighted by atomic mass is 14.9. The third-order valence-corrected chi connectivity index (χ3v) is 6.40. The molecule has 2 unspecified atom stereocenters. The van der Waals surface area contributed by atoms with Crippen LogP contribution in [0, 0.1) is 17.8 Å². The molecule has 2 nitrogen and oxygen atoms in total. The first kappa shape index (κ1) is 25.9. The van der Waals surface area contributed by atoms with Crippen LogP contribution in [-0.4, -0.2) is 19.1 Å². The molecule has 0 fully saturated rings. The molecule has 2 heteroatoms. The maximum Gasteiger partial charge on any atom is 0.00698 e. The van der Waals surface area contributed by atoms with Crippen LogP contribution < -0.4 is 11.1 Å². The van der Waals surface area contributed by atoms with Crippen molar-refractivity contribution in [3.05, 3.63) is 0 Å². The van der Waals surface area contributed by atoms with Gasteiger partial charge in [0.05, 0.1) is 0 Å². The van der Waals surface area contributed by atoms with E-state index in [1.807, 2.05) is 0 Å². The molecule has 0 spiro atoms. The summed E-state index contributed by atoms with van der Waals surface area (Å²) < 4.78 is 0. The number of hydrogen-bond donors (Lipinski definition) is 2. The van der Waals surface area contributed by atoms with E-state index in [2.05, 4.69) is 39.9 Å². The van der Waals surface area contributed by atoms with Gasteiger partial charge in [-0.25, -0.2) is 0 Å². The van der Waals surface area contributed by atoms with Crippen LogP contribution >= 0.6 is 0 Å². The van der Waals surface area contributed by atoms with Crippen molar-refractivity contribution in [2.24, 2.45) is 23.5 Å². The molecule has 0 radical (unpaired) electrons. The fourth-order valence-electron chi connectivity index (χ4n) is 3.71. The zero-order valence-electron chi connectivity index (χ0n) is 19.0. The maximum atomic E-state index is 5.54. The van der Waals surface area contributed by atoms with Crippen LogP contribution in [0.5, 0.6) is 0 Å². The molecule has 3 N–H and O–H groups in total. The number of unbranched alkanes of at least 4 members (excludes halogenated alkanes) is 8. The maximum absolute atomic E-state index is 5.54. The predicted molar refractivity (Wildman–Crippen MR) is 120 cm³/mol. The van der Waals surface area contributed by atoms with Gasteiger partial charge in [0.2, 0.25) is 0 Å². The smallest absolute Gasteiger partial charge is 0.00698 e. The molecule has 2 atom stereocenters. The zero-order chi connectivity index (χ0) is 19.6. The Labute approximate surface area is 166 Å². The highest BCUT2D eigenvalue weighted by molar-refractivity contribution is 4.73. The van der Waals surface area contributed by atoms with Crippen molar-refractivity contribution in [2.75, 3.05) is 13.1 Å². The fraction of sp³-hybridized carbons (Fsp3) is 1.00. The summed E-state index contributed by atoms with van der Waals surface area (Å²) in [4.78, 5) is 0. The van der Waals surface area contributed by atoms with Crippen LogP contribution in [0.1, 0.15) is 118 Å². The Morgan fingerprint density at radius 3 is 1.69 bits per heavy atom. The number of nitrogens with one attached hydrogen (secondary N) is 1. The van der Waals surface area contributed by atoms with Crippen LogP contribution in [0.4, 0.5) is 0 Å². The third kappa shape index (κ3) is 15.0. The quantitative estimate of drug-likeness (QED) is 0.243. The van der Waals surface area contributed by atoms with Crippen LogP contribution in [0.15, 0.2) is 0 Å². The first-order valence-corrected chi connectivity index (χ1v) is 12.0. The van der Waals surface area contributed by atoms with Gasteiger partial charge in [-0.05, 0) is 50.1 Å². The topological polar surface area (TPSA) is 38.0 Å². The van der Waals surface area contributed by atoms with Crippen molar-refractivity contribution in [3.8, 4) is 0 Å². The predicted octanol–water partition coefficient (Wildman–Crippen LogP) is 6.92. The lowest BCUT2D eigenvalue weighted by molar-refractivity contribution is 0.299. The van der Waals surface area contributed by atoms with E-state index in [0.29, 0.717) is 0 Å². The second kappa shape index (κ2) is 18.3. The second-order valence-electron chi connectivity index (χ2n) is 9.00. The molecule has 0 aliphatic carbocycles. The summed E-state index contributed by atoms with van der Waals surface area (Å²) in [6, 6.07) is 0.726. The molecule has 26 heavy (non-hydrogen) atoms. The average Bonchev–Trinajstić information content (AvgIpc) is 2.63. The first-order chi connectivity index (χ1) is 12.5. The van der Waals surface area contributed by atoms with Crippen LogP contribution in [0.3, 0.4) is 0 Å². The molecule has 0 rings (SSSR count). The molecule has 0 heterocycles. The zero-order valence-corrected chi connectivity index (χ0v) is 19.0. The largest absolute Gasteiger partial charge is 0.330 e. The lowest BCUT2D eigenvalue weighted by Crippen LogP contribution is -2.35. The van der Waals surface area contributed by atoms with Crippen LogP contribution in [0.25, 0.3) is 0 Å². The standard InChI is InChI=1S/C24H52N2/c1-6-23(7-2)20-26-24(19-22(5)21(3)4)17-15-13-11-9-8-10-12-14-16-18-25/h21-24,26H,6-20,25H2,1-5H3. The van der Waals surface area contributed by atoms with Gasteiger partial charge in [0.1, 0.15) is 0 Å². The highest BCUT2D eigenvalue weighted by Crippen LogP contribution is 2.20. The molecular weight excluding hydrogens is 316 g/mol. The molecule has 0 aromatic heterocycles. The van der Waals surface area contributed by atoms with Gasteiger partial charge in [0.15, 0.2) is 0 Å². The number of nitrogens with two attached hydrogens (primary N) is 1. The van der Waals surface area contributed by atoms with Gasteiger partial charge in [-0.1, -0.05) is 98.8 Å². The van der Waals surface area contributed by atoms with Gasteiger partial charge >= 0.3 is 0 Å². The Hall–Kier alpha value is -0.0800. The molecule has 0 saturated heterocycles. The summed E-state index contributed by atoms with van der Waals surface area (Å²) in [6.07, 6.45) is 17.8. The summed E-state index contributed by atoms with van der Waals surface area (Å²) >= 11 is 0. The average molecular weight is 369 g/mol. The molecule has 0 amide bonds. The Balaban J connectivity index is 3.91. The van der Waals surface area contributed by atoms with E-state index in [1.54, 1.807) is 0 Å². The van der Waals surface area contributed by atoms with Gasteiger partial charge in [0.25, 0.3) is 0 Å². The molecule has 0 aliphatic rings. The van der Waals surface area contributed by atoms with Crippen molar-refractivity contribution in [3.63, 3.8) is 0 Å². The molecule has 0 aromatic rings.